The Labute approximate surface area is 317 Å². The van der Waals surface area contributed by atoms with Gasteiger partial charge >= 0.3 is 7.12 Å². The quantitative estimate of drug-likeness (QED) is 0.170. The van der Waals surface area contributed by atoms with Crippen molar-refractivity contribution in [3.63, 3.8) is 0 Å². The molecule has 3 aromatic heterocycles. The minimum atomic E-state index is -0.435. The van der Waals surface area contributed by atoms with Gasteiger partial charge in [0.05, 0.1) is 33.3 Å². The lowest BCUT2D eigenvalue weighted by atomic mass is 9.79. The van der Waals surface area contributed by atoms with E-state index in [2.05, 4.69) is 188 Å². The average molecular weight is 717 g/mol. The van der Waals surface area contributed by atoms with Crippen LogP contribution in [0.3, 0.4) is 0 Å². The second-order valence-corrected chi connectivity index (χ2v) is 16.7. The van der Waals surface area contributed by atoms with Crippen molar-refractivity contribution in [2.75, 3.05) is 0 Å². The fraction of sp³-hybridized carbons (Fsp3) is 0.125. The van der Waals surface area contributed by atoms with Crippen molar-refractivity contribution in [1.82, 2.24) is 9.13 Å². The van der Waals surface area contributed by atoms with Crippen LogP contribution in [0.2, 0.25) is 0 Å². The molecule has 0 unspecified atom stereocenters. The predicted octanol–water partition coefficient (Wildman–Crippen LogP) is 12.2. The molecule has 0 radical (unpaired) electrons. The molecule has 0 spiro atoms. The van der Waals surface area contributed by atoms with Crippen LogP contribution in [-0.4, -0.2) is 27.5 Å². The monoisotopic (exact) mass is 716 g/mol. The lowest BCUT2D eigenvalue weighted by Gasteiger charge is -2.32. The van der Waals surface area contributed by atoms with Gasteiger partial charge in [0.2, 0.25) is 0 Å². The summed E-state index contributed by atoms with van der Waals surface area (Å²) in [6, 6.07) is 55.5. The van der Waals surface area contributed by atoms with E-state index in [1.807, 2.05) is 11.3 Å². The molecule has 0 atom stereocenters. The van der Waals surface area contributed by atoms with Gasteiger partial charge in [-0.05, 0) is 111 Å². The van der Waals surface area contributed by atoms with E-state index in [1.165, 1.54) is 75.1 Å². The van der Waals surface area contributed by atoms with E-state index in [1.54, 1.807) is 0 Å². The number of aromatic nitrogens is 2. The lowest BCUT2D eigenvalue weighted by molar-refractivity contribution is 0.00578. The van der Waals surface area contributed by atoms with Crippen LogP contribution in [0, 0.1) is 0 Å². The molecule has 1 fully saturated rings. The SMILES string of the molecule is CC1(C)OB(c2ccc3c4cc(-c5ccc6c(c5)c5ccc7sc8ccccc8c7c5n6-c5ccccc5)ccc4n(-c4ccccc4)c3c2)OC1(C)C. The van der Waals surface area contributed by atoms with E-state index in [0.29, 0.717) is 0 Å². The first-order valence-electron chi connectivity index (χ1n) is 18.7. The zero-order valence-corrected chi connectivity index (χ0v) is 31.4. The first kappa shape index (κ1) is 31.8. The van der Waals surface area contributed by atoms with Crippen molar-refractivity contribution >= 4 is 87.7 Å². The highest BCUT2D eigenvalue weighted by Gasteiger charge is 2.51. The maximum absolute atomic E-state index is 6.50. The highest BCUT2D eigenvalue weighted by Crippen LogP contribution is 2.44. The topological polar surface area (TPSA) is 28.3 Å². The van der Waals surface area contributed by atoms with Gasteiger partial charge in [0.15, 0.2) is 0 Å². The average Bonchev–Trinajstić information content (AvgIpc) is 3.89. The third-order valence-corrected chi connectivity index (χ3v) is 13.1. The van der Waals surface area contributed by atoms with E-state index in [4.69, 9.17) is 9.31 Å². The van der Waals surface area contributed by atoms with Gasteiger partial charge in [-0.1, -0.05) is 84.9 Å². The molecule has 4 heterocycles. The van der Waals surface area contributed by atoms with E-state index < -0.39 is 18.3 Å². The second kappa shape index (κ2) is 11.4. The summed E-state index contributed by atoms with van der Waals surface area (Å²) in [4.78, 5) is 0. The molecule has 10 aromatic rings. The zero-order chi connectivity index (χ0) is 36.3. The molecule has 1 saturated heterocycles. The number of para-hydroxylation sites is 2. The van der Waals surface area contributed by atoms with E-state index in [9.17, 15) is 0 Å². The summed E-state index contributed by atoms with van der Waals surface area (Å²) in [5, 5.41) is 7.57. The standard InChI is InChI=1S/C48H37BN2O2S/c1-47(2)48(3,4)53-49(52-47)32-21-22-35-38-27-30(19-24-40(38)50(42(35)29-32)33-13-7-5-8-14-33)31-20-25-41-39(28-31)36-23-26-44-45(37-17-11-12-18-43(37)54-44)46(36)51(41)34-15-9-6-10-16-34/h5-29H,1-4H3. The molecule has 0 aliphatic carbocycles. The molecule has 1 aliphatic rings. The van der Waals surface area contributed by atoms with Crippen molar-refractivity contribution in [3.8, 4) is 22.5 Å². The van der Waals surface area contributed by atoms with Crippen molar-refractivity contribution in [1.29, 1.82) is 0 Å². The van der Waals surface area contributed by atoms with E-state index in [0.717, 1.165) is 16.7 Å². The Hall–Kier alpha value is -5.66. The molecule has 54 heavy (non-hydrogen) atoms. The van der Waals surface area contributed by atoms with Crippen LogP contribution in [0.25, 0.3) is 86.3 Å². The number of thiophene rings is 1. The lowest BCUT2D eigenvalue weighted by Crippen LogP contribution is -2.41. The van der Waals surface area contributed by atoms with Crippen LogP contribution in [0.5, 0.6) is 0 Å². The number of hydrogen-bond acceptors (Lipinski definition) is 3. The van der Waals surface area contributed by atoms with Gasteiger partial charge in [0.25, 0.3) is 0 Å². The molecule has 11 rings (SSSR count). The maximum Gasteiger partial charge on any atom is 0.494 e. The third-order valence-electron chi connectivity index (χ3n) is 11.9. The molecule has 4 nitrogen and oxygen atoms in total. The van der Waals surface area contributed by atoms with Crippen LogP contribution >= 0.6 is 11.3 Å². The van der Waals surface area contributed by atoms with Crippen LogP contribution in [0.15, 0.2) is 152 Å². The third kappa shape index (κ3) is 4.57. The number of benzene rings is 7. The Kier molecular flexibility index (Phi) is 6.74. The van der Waals surface area contributed by atoms with Crippen molar-refractivity contribution in [3.05, 3.63) is 152 Å². The maximum atomic E-state index is 6.50. The van der Waals surface area contributed by atoms with Gasteiger partial charge in [-0.25, -0.2) is 0 Å². The van der Waals surface area contributed by atoms with Gasteiger partial charge in [-0.2, -0.15) is 0 Å². The first-order valence-corrected chi connectivity index (χ1v) is 19.5. The Balaban J connectivity index is 1.12. The fourth-order valence-electron chi connectivity index (χ4n) is 8.54. The van der Waals surface area contributed by atoms with Crippen LogP contribution in [0.1, 0.15) is 27.7 Å². The molecule has 0 N–H and O–H groups in total. The molecular weight excluding hydrogens is 679 g/mol. The Morgan fingerprint density at radius 1 is 0.463 bits per heavy atom. The molecule has 7 aromatic carbocycles. The molecular formula is C48H37BN2O2S. The van der Waals surface area contributed by atoms with Gasteiger partial charge in [0, 0.05) is 53.1 Å². The number of fused-ring (bicyclic) bond motifs is 10. The number of nitrogens with zero attached hydrogens (tertiary/aromatic N) is 2. The first-order chi connectivity index (χ1) is 26.3. The summed E-state index contributed by atoms with van der Waals surface area (Å²) in [5.41, 5.74) is 9.65. The fourth-order valence-corrected chi connectivity index (χ4v) is 9.65. The summed E-state index contributed by atoms with van der Waals surface area (Å²) in [7, 11) is -0.435. The Morgan fingerprint density at radius 3 is 1.72 bits per heavy atom. The highest BCUT2D eigenvalue weighted by atomic mass is 32.1. The van der Waals surface area contributed by atoms with Crippen molar-refractivity contribution < 1.29 is 9.31 Å². The molecule has 1 aliphatic heterocycles. The normalized spacial score (nSPS) is 15.5. The summed E-state index contributed by atoms with van der Waals surface area (Å²) in [6.45, 7) is 8.43. The minimum Gasteiger partial charge on any atom is -0.399 e. The Morgan fingerprint density at radius 2 is 1.04 bits per heavy atom. The largest absolute Gasteiger partial charge is 0.494 e. The predicted molar refractivity (Wildman–Crippen MR) is 229 cm³/mol. The highest BCUT2D eigenvalue weighted by molar-refractivity contribution is 7.26. The zero-order valence-electron chi connectivity index (χ0n) is 30.6. The van der Waals surface area contributed by atoms with Crippen LogP contribution in [-0.2, 0) is 9.31 Å². The minimum absolute atomic E-state index is 0.411. The molecule has 0 bridgehead atoms. The molecule has 260 valence electrons. The Bertz CT molecular complexity index is 3100. The van der Waals surface area contributed by atoms with Crippen LogP contribution < -0.4 is 5.46 Å². The summed E-state index contributed by atoms with van der Waals surface area (Å²) < 4.78 is 20.5. The van der Waals surface area contributed by atoms with Crippen molar-refractivity contribution in [2.24, 2.45) is 0 Å². The molecule has 0 amide bonds. The van der Waals surface area contributed by atoms with Gasteiger partial charge in [-0.15, -0.1) is 11.3 Å². The molecule has 6 heteroatoms. The van der Waals surface area contributed by atoms with Crippen molar-refractivity contribution in [2.45, 2.75) is 38.9 Å². The number of rotatable bonds is 4. The summed E-state index contributed by atoms with van der Waals surface area (Å²) >= 11 is 1.87. The van der Waals surface area contributed by atoms with Gasteiger partial charge in [0.1, 0.15) is 0 Å². The summed E-state index contributed by atoms with van der Waals surface area (Å²) in [6.07, 6.45) is 0. The van der Waals surface area contributed by atoms with E-state index in [-0.39, 0.29) is 0 Å². The smallest absolute Gasteiger partial charge is 0.399 e. The van der Waals surface area contributed by atoms with Gasteiger partial charge in [-0.3, -0.25) is 0 Å². The van der Waals surface area contributed by atoms with Gasteiger partial charge < -0.3 is 18.4 Å². The van der Waals surface area contributed by atoms with E-state index >= 15 is 0 Å². The van der Waals surface area contributed by atoms with Crippen LogP contribution in [0.4, 0.5) is 0 Å². The summed E-state index contributed by atoms with van der Waals surface area (Å²) in [5.74, 6) is 0. The molecule has 0 saturated carbocycles. The number of hydrogen-bond donors (Lipinski definition) is 0. The second-order valence-electron chi connectivity index (χ2n) is 15.6.